The highest BCUT2D eigenvalue weighted by molar-refractivity contribution is 7.89. The van der Waals surface area contributed by atoms with Gasteiger partial charge >= 0.3 is 0 Å². The predicted molar refractivity (Wildman–Crippen MR) is 103 cm³/mol. The highest BCUT2D eigenvalue weighted by atomic mass is 32.2. The van der Waals surface area contributed by atoms with Gasteiger partial charge in [0.2, 0.25) is 10.0 Å². The zero-order valence-corrected chi connectivity index (χ0v) is 16.4. The molecule has 0 aromatic heterocycles. The summed E-state index contributed by atoms with van der Waals surface area (Å²) in [5.74, 6) is -0.284. The second-order valence-electron chi connectivity index (χ2n) is 6.66. The Labute approximate surface area is 160 Å². The first kappa shape index (κ1) is 19.5. The van der Waals surface area contributed by atoms with Crippen LogP contribution >= 0.6 is 0 Å². The minimum atomic E-state index is -3.63. The SMILES string of the molecule is Cc1cccc(CNC(=O)c2cc(S(=O)(=O)N3CCOCC3)ccc2C)c1. The second-order valence-corrected chi connectivity index (χ2v) is 8.60. The summed E-state index contributed by atoms with van der Waals surface area (Å²) < 4.78 is 32.3. The van der Waals surface area contributed by atoms with E-state index in [0.29, 0.717) is 38.4 Å². The summed E-state index contributed by atoms with van der Waals surface area (Å²) in [5, 5.41) is 2.87. The highest BCUT2D eigenvalue weighted by Crippen LogP contribution is 2.20. The first-order valence-electron chi connectivity index (χ1n) is 8.90. The van der Waals surface area contributed by atoms with Crippen molar-refractivity contribution in [2.45, 2.75) is 25.3 Å². The van der Waals surface area contributed by atoms with Crippen molar-refractivity contribution < 1.29 is 17.9 Å². The van der Waals surface area contributed by atoms with Crippen LogP contribution in [0.5, 0.6) is 0 Å². The molecule has 0 spiro atoms. The molecule has 0 unspecified atom stereocenters. The number of nitrogens with one attached hydrogen (secondary N) is 1. The standard InChI is InChI=1S/C20H24N2O4S/c1-15-4-3-5-17(12-15)14-21-20(23)19-13-18(7-6-16(19)2)27(24,25)22-8-10-26-11-9-22/h3-7,12-13H,8-11,14H2,1-2H3,(H,21,23). The van der Waals surface area contributed by atoms with Crippen molar-refractivity contribution in [3.63, 3.8) is 0 Å². The third-order valence-electron chi connectivity index (χ3n) is 4.60. The third-order valence-corrected chi connectivity index (χ3v) is 6.49. The lowest BCUT2D eigenvalue weighted by atomic mass is 10.1. The van der Waals surface area contributed by atoms with E-state index in [-0.39, 0.29) is 10.8 Å². The van der Waals surface area contributed by atoms with Crippen molar-refractivity contribution in [2.75, 3.05) is 26.3 Å². The number of carbonyl (C=O) groups excluding carboxylic acids is 1. The molecule has 0 atom stereocenters. The van der Waals surface area contributed by atoms with Crippen LogP contribution in [0.15, 0.2) is 47.4 Å². The number of carbonyl (C=O) groups is 1. The van der Waals surface area contributed by atoms with E-state index in [0.717, 1.165) is 16.7 Å². The number of morpholine rings is 1. The number of hydrogen-bond acceptors (Lipinski definition) is 4. The Hall–Kier alpha value is -2.22. The molecule has 1 aliphatic heterocycles. The fourth-order valence-corrected chi connectivity index (χ4v) is 4.48. The lowest BCUT2D eigenvalue weighted by Gasteiger charge is -2.26. The number of nitrogens with zero attached hydrogens (tertiary/aromatic N) is 1. The van der Waals surface area contributed by atoms with Gasteiger partial charge in [-0.25, -0.2) is 8.42 Å². The Morgan fingerprint density at radius 1 is 1.11 bits per heavy atom. The molecule has 1 fully saturated rings. The maximum Gasteiger partial charge on any atom is 0.251 e. The summed E-state index contributed by atoms with van der Waals surface area (Å²) in [6.07, 6.45) is 0. The normalized spacial score (nSPS) is 15.5. The van der Waals surface area contributed by atoms with E-state index < -0.39 is 10.0 Å². The quantitative estimate of drug-likeness (QED) is 0.852. The van der Waals surface area contributed by atoms with Gasteiger partial charge in [0, 0.05) is 25.2 Å². The number of aryl methyl sites for hydroxylation is 2. The van der Waals surface area contributed by atoms with Crippen LogP contribution in [0, 0.1) is 13.8 Å². The van der Waals surface area contributed by atoms with Crippen molar-refractivity contribution in [2.24, 2.45) is 0 Å². The predicted octanol–water partition coefficient (Wildman–Crippen LogP) is 2.25. The van der Waals surface area contributed by atoms with Gasteiger partial charge in [-0.15, -0.1) is 0 Å². The molecule has 0 bridgehead atoms. The summed E-state index contributed by atoms with van der Waals surface area (Å²) >= 11 is 0. The molecule has 0 radical (unpaired) electrons. The smallest absolute Gasteiger partial charge is 0.251 e. The van der Waals surface area contributed by atoms with Crippen LogP contribution in [0.1, 0.15) is 27.0 Å². The van der Waals surface area contributed by atoms with Gasteiger partial charge < -0.3 is 10.1 Å². The molecule has 1 N–H and O–H groups in total. The van der Waals surface area contributed by atoms with Gasteiger partial charge in [0.05, 0.1) is 18.1 Å². The lowest BCUT2D eigenvalue weighted by molar-refractivity contribution is 0.0730. The Morgan fingerprint density at radius 3 is 2.56 bits per heavy atom. The fourth-order valence-electron chi connectivity index (χ4n) is 3.04. The maximum atomic E-state index is 12.8. The van der Waals surface area contributed by atoms with Gasteiger partial charge in [-0.1, -0.05) is 35.9 Å². The zero-order valence-electron chi connectivity index (χ0n) is 15.6. The molecule has 0 aliphatic carbocycles. The van der Waals surface area contributed by atoms with Crippen LogP contribution in [0.3, 0.4) is 0 Å². The Morgan fingerprint density at radius 2 is 1.85 bits per heavy atom. The molecule has 6 nitrogen and oxygen atoms in total. The molecule has 1 heterocycles. The van der Waals surface area contributed by atoms with Gasteiger partial charge in [-0.05, 0) is 37.1 Å². The Balaban J connectivity index is 1.79. The molecule has 0 saturated carbocycles. The average molecular weight is 388 g/mol. The van der Waals surface area contributed by atoms with E-state index in [9.17, 15) is 13.2 Å². The molecule has 1 aliphatic rings. The fraction of sp³-hybridized carbons (Fsp3) is 0.350. The van der Waals surface area contributed by atoms with Gasteiger partial charge in [0.25, 0.3) is 5.91 Å². The lowest BCUT2D eigenvalue weighted by Crippen LogP contribution is -2.40. The van der Waals surface area contributed by atoms with Crippen molar-refractivity contribution in [3.05, 3.63) is 64.7 Å². The number of rotatable bonds is 5. The van der Waals surface area contributed by atoms with Gasteiger partial charge in [0.15, 0.2) is 0 Å². The molecular formula is C20H24N2O4S. The Kier molecular flexibility index (Phi) is 5.94. The van der Waals surface area contributed by atoms with Crippen LogP contribution in [0.2, 0.25) is 0 Å². The van der Waals surface area contributed by atoms with E-state index >= 15 is 0 Å². The molecular weight excluding hydrogens is 364 g/mol. The molecule has 1 amide bonds. The summed E-state index contributed by atoms with van der Waals surface area (Å²) in [4.78, 5) is 12.8. The number of sulfonamides is 1. The number of hydrogen-bond donors (Lipinski definition) is 1. The molecule has 7 heteroatoms. The second kappa shape index (κ2) is 8.21. The molecule has 2 aromatic rings. The zero-order chi connectivity index (χ0) is 19.4. The molecule has 144 valence electrons. The largest absolute Gasteiger partial charge is 0.379 e. The van der Waals surface area contributed by atoms with Gasteiger partial charge in [-0.2, -0.15) is 4.31 Å². The van der Waals surface area contributed by atoms with Crippen molar-refractivity contribution in [1.29, 1.82) is 0 Å². The highest BCUT2D eigenvalue weighted by Gasteiger charge is 2.27. The molecule has 1 saturated heterocycles. The number of amides is 1. The van der Waals surface area contributed by atoms with Crippen molar-refractivity contribution in [3.8, 4) is 0 Å². The summed E-state index contributed by atoms with van der Waals surface area (Å²) in [6.45, 7) is 5.60. The Bertz CT molecular complexity index is 935. The monoisotopic (exact) mass is 388 g/mol. The van der Waals surface area contributed by atoms with E-state index in [2.05, 4.69) is 5.32 Å². The third kappa shape index (κ3) is 4.55. The average Bonchev–Trinajstić information content (AvgIpc) is 2.67. The van der Waals surface area contributed by atoms with Gasteiger partial charge in [-0.3, -0.25) is 4.79 Å². The van der Waals surface area contributed by atoms with E-state index in [1.165, 1.54) is 10.4 Å². The van der Waals surface area contributed by atoms with E-state index in [4.69, 9.17) is 4.74 Å². The topological polar surface area (TPSA) is 75.7 Å². The number of ether oxygens (including phenoxy) is 1. The van der Waals surface area contributed by atoms with Crippen LogP contribution in [-0.4, -0.2) is 44.9 Å². The molecule has 2 aromatic carbocycles. The van der Waals surface area contributed by atoms with Crippen LogP contribution in [0.4, 0.5) is 0 Å². The van der Waals surface area contributed by atoms with Crippen LogP contribution < -0.4 is 5.32 Å². The maximum absolute atomic E-state index is 12.8. The summed E-state index contributed by atoms with van der Waals surface area (Å²) in [7, 11) is -3.63. The van der Waals surface area contributed by atoms with Crippen LogP contribution in [-0.2, 0) is 21.3 Å². The summed E-state index contributed by atoms with van der Waals surface area (Å²) in [5.41, 5.74) is 3.23. The van der Waals surface area contributed by atoms with Crippen molar-refractivity contribution >= 4 is 15.9 Å². The molecule has 27 heavy (non-hydrogen) atoms. The number of benzene rings is 2. The first-order valence-corrected chi connectivity index (χ1v) is 10.3. The first-order chi connectivity index (χ1) is 12.9. The van der Waals surface area contributed by atoms with Gasteiger partial charge in [0.1, 0.15) is 0 Å². The summed E-state index contributed by atoms with van der Waals surface area (Å²) in [6, 6.07) is 12.6. The van der Waals surface area contributed by atoms with E-state index in [1.54, 1.807) is 19.1 Å². The minimum Gasteiger partial charge on any atom is -0.379 e. The van der Waals surface area contributed by atoms with Crippen molar-refractivity contribution in [1.82, 2.24) is 9.62 Å². The van der Waals surface area contributed by atoms with E-state index in [1.807, 2.05) is 31.2 Å². The molecule has 3 rings (SSSR count). The van der Waals surface area contributed by atoms with Crippen LogP contribution in [0.25, 0.3) is 0 Å². The minimum absolute atomic E-state index is 0.135.